The van der Waals surface area contributed by atoms with Gasteiger partial charge in [-0.3, -0.25) is 4.98 Å². The average Bonchev–Trinajstić information content (AvgIpc) is 3.40. The van der Waals surface area contributed by atoms with Crippen molar-refractivity contribution < 1.29 is 13.9 Å². The smallest absolute Gasteiger partial charge is 0.227 e. The Morgan fingerprint density at radius 3 is 1.88 bits per heavy atom. The fourth-order valence-electron chi connectivity index (χ4n) is 4.30. The van der Waals surface area contributed by atoms with E-state index < -0.39 is 0 Å². The van der Waals surface area contributed by atoms with Gasteiger partial charge in [0.1, 0.15) is 33.0 Å². The summed E-state index contributed by atoms with van der Waals surface area (Å²) in [6.07, 6.45) is 1.79. The van der Waals surface area contributed by atoms with Gasteiger partial charge in [-0.25, -0.2) is 4.98 Å². The molecule has 0 N–H and O–H groups in total. The number of hydrogen-bond donors (Lipinski definition) is 0. The largest absolute Gasteiger partial charge is 0.456 e. The first-order chi connectivity index (χ1) is 19.3. The highest BCUT2D eigenvalue weighted by molar-refractivity contribution is 9.10. The molecule has 0 aliphatic rings. The Labute approximate surface area is 241 Å². The van der Waals surface area contributed by atoms with Crippen LogP contribution in [0.4, 0.5) is 0 Å². The van der Waals surface area contributed by atoms with Crippen molar-refractivity contribution >= 4 is 27.0 Å². The lowest BCUT2D eigenvalue weighted by molar-refractivity contribution is 0.449. The van der Waals surface area contributed by atoms with Crippen molar-refractivity contribution in [3.63, 3.8) is 0 Å². The molecule has 0 aliphatic heterocycles. The van der Waals surface area contributed by atoms with E-state index >= 15 is 0 Å². The summed E-state index contributed by atoms with van der Waals surface area (Å²) in [4.78, 5) is 9.01. The lowest BCUT2D eigenvalue weighted by Crippen LogP contribution is -2.11. The zero-order chi connectivity index (χ0) is 27.7. The molecule has 4 aromatic carbocycles. The Morgan fingerprint density at radius 1 is 0.700 bits per heavy atom. The van der Waals surface area contributed by atoms with E-state index in [1.165, 1.54) is 0 Å². The van der Waals surface area contributed by atoms with Crippen LogP contribution in [0.15, 0.2) is 118 Å². The zero-order valence-electron chi connectivity index (χ0n) is 22.4. The maximum Gasteiger partial charge on any atom is 0.227 e. The predicted octanol–water partition coefficient (Wildman–Crippen LogP) is 10.2. The van der Waals surface area contributed by atoms with Crippen molar-refractivity contribution in [1.29, 1.82) is 0 Å². The Hall–Kier alpha value is -4.42. The van der Waals surface area contributed by atoms with Gasteiger partial charge in [-0.05, 0) is 112 Å². The maximum atomic E-state index is 6.36. The molecule has 2 aromatic heterocycles. The lowest BCUT2D eigenvalue weighted by atomic mass is 9.87. The van der Waals surface area contributed by atoms with E-state index in [0.29, 0.717) is 23.1 Å². The van der Waals surface area contributed by atoms with Crippen molar-refractivity contribution in [1.82, 2.24) is 9.97 Å². The summed E-state index contributed by atoms with van der Waals surface area (Å²) >= 11 is 3.73. The third-order valence-electron chi connectivity index (χ3n) is 6.54. The topological polar surface area (TPSA) is 57.4 Å². The highest BCUT2D eigenvalue weighted by atomic mass is 79.9. The normalized spacial score (nSPS) is 11.5. The molecule has 5 nitrogen and oxygen atoms in total. The minimum atomic E-state index is -0.115. The van der Waals surface area contributed by atoms with Gasteiger partial charge >= 0.3 is 0 Å². The molecule has 2 heterocycles. The minimum absolute atomic E-state index is 0.115. The van der Waals surface area contributed by atoms with Gasteiger partial charge in [-0.15, -0.1) is 0 Å². The summed E-state index contributed by atoms with van der Waals surface area (Å²) < 4.78 is 19.4. The molecule has 0 saturated heterocycles. The van der Waals surface area contributed by atoms with Crippen LogP contribution in [0.2, 0.25) is 0 Å². The third-order valence-corrected chi connectivity index (χ3v) is 7.32. The molecule has 0 bridgehead atoms. The number of oxazole rings is 1. The molecule has 198 valence electrons. The first-order valence-electron chi connectivity index (χ1n) is 13.0. The summed E-state index contributed by atoms with van der Waals surface area (Å²) in [5.74, 6) is 3.34. The Bertz CT molecular complexity index is 1740. The molecular weight excluding hydrogens is 564 g/mol. The Morgan fingerprint density at radius 2 is 1.30 bits per heavy atom. The third kappa shape index (κ3) is 5.49. The first-order valence-corrected chi connectivity index (χ1v) is 13.8. The number of hydrogen-bond acceptors (Lipinski definition) is 5. The van der Waals surface area contributed by atoms with E-state index in [1.54, 1.807) is 6.20 Å². The van der Waals surface area contributed by atoms with E-state index in [1.807, 2.05) is 91.0 Å². The van der Waals surface area contributed by atoms with E-state index in [2.05, 4.69) is 58.8 Å². The fraction of sp³-hybridized carbons (Fsp3) is 0.118. The molecule has 6 rings (SSSR count). The maximum absolute atomic E-state index is 6.36. The molecule has 6 heteroatoms. The molecule has 0 spiro atoms. The van der Waals surface area contributed by atoms with Gasteiger partial charge < -0.3 is 13.9 Å². The second-order valence-corrected chi connectivity index (χ2v) is 11.3. The quantitative estimate of drug-likeness (QED) is 0.193. The summed E-state index contributed by atoms with van der Waals surface area (Å²) in [6.45, 7) is 6.50. The van der Waals surface area contributed by atoms with Crippen molar-refractivity contribution in [2.45, 2.75) is 26.2 Å². The van der Waals surface area contributed by atoms with E-state index in [0.717, 1.165) is 43.7 Å². The summed E-state index contributed by atoms with van der Waals surface area (Å²) in [6, 6.07) is 33.4. The molecule has 0 radical (unpaired) electrons. The number of aromatic nitrogens is 2. The van der Waals surface area contributed by atoms with Crippen LogP contribution in [0.25, 0.3) is 33.8 Å². The molecular formula is C34H27BrN2O3. The van der Waals surface area contributed by atoms with Gasteiger partial charge in [-0.2, -0.15) is 0 Å². The molecule has 40 heavy (non-hydrogen) atoms. The van der Waals surface area contributed by atoms with Crippen LogP contribution >= 0.6 is 15.9 Å². The molecule has 0 amide bonds. The van der Waals surface area contributed by atoms with Gasteiger partial charge in [0, 0.05) is 17.3 Å². The standard InChI is InChI=1S/C34H27BrN2O3/c1-34(2,3)24-20-30(38-25-15-11-22(12-16-25)27-8-6-7-19-36-27)32(35)31(21-24)39-26-17-13-23(14-18-26)33-37-28-9-4-5-10-29(28)40-33/h4-21H,1-3H3. The molecule has 6 aromatic rings. The van der Waals surface area contributed by atoms with Crippen molar-refractivity contribution in [2.75, 3.05) is 0 Å². The van der Waals surface area contributed by atoms with Gasteiger partial charge in [0.25, 0.3) is 0 Å². The van der Waals surface area contributed by atoms with Crippen LogP contribution in [0.1, 0.15) is 26.3 Å². The van der Waals surface area contributed by atoms with Crippen LogP contribution in [-0.4, -0.2) is 9.97 Å². The zero-order valence-corrected chi connectivity index (χ0v) is 24.0. The van der Waals surface area contributed by atoms with Crippen LogP contribution in [-0.2, 0) is 5.41 Å². The summed E-state index contributed by atoms with van der Waals surface area (Å²) in [5.41, 5.74) is 5.40. The van der Waals surface area contributed by atoms with Gasteiger partial charge in [0.05, 0.1) is 5.69 Å². The number of para-hydroxylation sites is 2. The van der Waals surface area contributed by atoms with Crippen LogP contribution in [0.3, 0.4) is 0 Å². The molecule has 0 atom stereocenters. The number of pyridine rings is 1. The van der Waals surface area contributed by atoms with Gasteiger partial charge in [0.2, 0.25) is 5.89 Å². The number of nitrogens with zero attached hydrogens (tertiary/aromatic N) is 2. The minimum Gasteiger partial charge on any atom is -0.456 e. The highest BCUT2D eigenvalue weighted by Gasteiger charge is 2.21. The molecule has 0 aliphatic carbocycles. The number of rotatable bonds is 6. The fourth-order valence-corrected chi connectivity index (χ4v) is 4.69. The predicted molar refractivity (Wildman–Crippen MR) is 162 cm³/mol. The lowest BCUT2D eigenvalue weighted by Gasteiger charge is -2.22. The molecule has 0 saturated carbocycles. The summed E-state index contributed by atoms with van der Waals surface area (Å²) in [7, 11) is 0. The second-order valence-electron chi connectivity index (χ2n) is 10.5. The number of benzene rings is 4. The number of halogens is 1. The SMILES string of the molecule is CC(C)(C)c1cc(Oc2ccc(-c3ccccn3)cc2)c(Br)c(Oc2ccc(-c3nc4ccccc4o3)cc2)c1. The Balaban J connectivity index is 1.27. The number of ether oxygens (including phenoxy) is 2. The highest BCUT2D eigenvalue weighted by Crippen LogP contribution is 2.43. The van der Waals surface area contributed by atoms with Crippen molar-refractivity contribution in [2.24, 2.45) is 0 Å². The van der Waals surface area contributed by atoms with Crippen molar-refractivity contribution in [3.8, 4) is 45.7 Å². The Kier molecular flexibility index (Phi) is 6.86. The average molecular weight is 592 g/mol. The molecule has 0 fully saturated rings. The van der Waals surface area contributed by atoms with Crippen molar-refractivity contribution in [3.05, 3.63) is 119 Å². The van der Waals surface area contributed by atoms with Crippen LogP contribution in [0.5, 0.6) is 23.0 Å². The molecule has 0 unspecified atom stereocenters. The monoisotopic (exact) mass is 590 g/mol. The van der Waals surface area contributed by atoms with Gasteiger partial charge in [0.15, 0.2) is 5.58 Å². The number of fused-ring (bicyclic) bond motifs is 1. The first kappa shape index (κ1) is 25.8. The van der Waals surface area contributed by atoms with Gasteiger partial charge in [-0.1, -0.05) is 39.0 Å². The van der Waals surface area contributed by atoms with E-state index in [4.69, 9.17) is 13.9 Å². The van der Waals surface area contributed by atoms with Crippen LogP contribution < -0.4 is 9.47 Å². The van der Waals surface area contributed by atoms with E-state index in [-0.39, 0.29) is 5.41 Å². The van der Waals surface area contributed by atoms with E-state index in [9.17, 15) is 0 Å². The van der Waals surface area contributed by atoms with Crippen LogP contribution in [0, 0.1) is 0 Å². The summed E-state index contributed by atoms with van der Waals surface area (Å²) in [5, 5.41) is 0. The second kappa shape index (κ2) is 10.6.